The quantitative estimate of drug-likeness (QED) is 0.457. The SMILES string of the molecule is CCOc1cccc2c1cc(C(=O)NCc1ccccc1)n2Cc1ccccc1C. The average Bonchev–Trinajstić information content (AvgIpc) is 3.14. The second kappa shape index (κ2) is 8.87. The van der Waals surface area contributed by atoms with Crippen LogP contribution in [0.2, 0.25) is 0 Å². The van der Waals surface area contributed by atoms with Gasteiger partial charge in [0.25, 0.3) is 5.91 Å². The monoisotopic (exact) mass is 398 g/mol. The van der Waals surface area contributed by atoms with Gasteiger partial charge in [-0.05, 0) is 48.7 Å². The maximum absolute atomic E-state index is 13.2. The molecule has 0 atom stereocenters. The fraction of sp³-hybridized carbons (Fsp3) is 0.192. The van der Waals surface area contributed by atoms with Gasteiger partial charge in [-0.3, -0.25) is 4.79 Å². The summed E-state index contributed by atoms with van der Waals surface area (Å²) in [6.07, 6.45) is 0. The van der Waals surface area contributed by atoms with Gasteiger partial charge in [-0.1, -0.05) is 60.7 Å². The molecule has 0 aliphatic rings. The van der Waals surface area contributed by atoms with Crippen molar-refractivity contribution in [2.24, 2.45) is 0 Å². The van der Waals surface area contributed by atoms with E-state index in [4.69, 9.17) is 4.74 Å². The van der Waals surface area contributed by atoms with Gasteiger partial charge < -0.3 is 14.6 Å². The Morgan fingerprint density at radius 3 is 2.50 bits per heavy atom. The van der Waals surface area contributed by atoms with Crippen molar-refractivity contribution in [3.8, 4) is 5.75 Å². The van der Waals surface area contributed by atoms with E-state index < -0.39 is 0 Å². The Labute approximate surface area is 177 Å². The summed E-state index contributed by atoms with van der Waals surface area (Å²) >= 11 is 0. The number of aryl methyl sites for hydroxylation is 1. The largest absolute Gasteiger partial charge is 0.493 e. The van der Waals surface area contributed by atoms with Gasteiger partial charge in [0.05, 0.1) is 12.1 Å². The van der Waals surface area contributed by atoms with Crippen LogP contribution in [0, 0.1) is 6.92 Å². The van der Waals surface area contributed by atoms with E-state index >= 15 is 0 Å². The van der Waals surface area contributed by atoms with Crippen LogP contribution >= 0.6 is 0 Å². The molecule has 0 radical (unpaired) electrons. The zero-order valence-electron chi connectivity index (χ0n) is 17.4. The lowest BCUT2D eigenvalue weighted by Crippen LogP contribution is -2.25. The minimum atomic E-state index is -0.0916. The Balaban J connectivity index is 1.73. The predicted octanol–water partition coefficient (Wildman–Crippen LogP) is 5.33. The molecule has 0 saturated carbocycles. The van der Waals surface area contributed by atoms with E-state index in [-0.39, 0.29) is 5.91 Å². The minimum absolute atomic E-state index is 0.0916. The molecule has 0 aliphatic carbocycles. The van der Waals surface area contributed by atoms with Gasteiger partial charge in [-0.2, -0.15) is 0 Å². The first-order chi connectivity index (χ1) is 14.7. The summed E-state index contributed by atoms with van der Waals surface area (Å²) in [5.74, 6) is 0.710. The van der Waals surface area contributed by atoms with Crippen molar-refractivity contribution in [1.29, 1.82) is 0 Å². The molecule has 0 spiro atoms. The maximum Gasteiger partial charge on any atom is 0.268 e. The van der Waals surface area contributed by atoms with Gasteiger partial charge in [0.2, 0.25) is 0 Å². The van der Waals surface area contributed by atoms with Gasteiger partial charge in [-0.15, -0.1) is 0 Å². The molecule has 4 nitrogen and oxygen atoms in total. The van der Waals surface area contributed by atoms with Crippen molar-refractivity contribution in [2.45, 2.75) is 26.9 Å². The topological polar surface area (TPSA) is 43.3 Å². The van der Waals surface area contributed by atoms with E-state index in [9.17, 15) is 4.79 Å². The standard InChI is InChI=1S/C26H26N2O2/c1-3-30-25-15-9-14-23-22(25)16-24(26(29)27-17-20-11-5-4-6-12-20)28(23)18-21-13-8-7-10-19(21)2/h4-16H,3,17-18H2,1-2H3,(H,27,29). The molecule has 1 amide bonds. The van der Waals surface area contributed by atoms with Crippen LogP contribution in [0.5, 0.6) is 5.75 Å². The highest BCUT2D eigenvalue weighted by Gasteiger charge is 2.18. The third-order valence-electron chi connectivity index (χ3n) is 5.32. The third-order valence-corrected chi connectivity index (χ3v) is 5.32. The van der Waals surface area contributed by atoms with Crippen molar-refractivity contribution < 1.29 is 9.53 Å². The minimum Gasteiger partial charge on any atom is -0.493 e. The zero-order chi connectivity index (χ0) is 20.9. The fourth-order valence-electron chi connectivity index (χ4n) is 3.72. The average molecular weight is 399 g/mol. The number of benzene rings is 3. The van der Waals surface area contributed by atoms with Crippen LogP contribution < -0.4 is 10.1 Å². The number of carbonyl (C=O) groups excluding carboxylic acids is 1. The Morgan fingerprint density at radius 2 is 1.73 bits per heavy atom. The third kappa shape index (κ3) is 4.08. The second-order valence-electron chi connectivity index (χ2n) is 7.33. The molecule has 0 fully saturated rings. The van der Waals surface area contributed by atoms with Crippen LogP contribution in [0.1, 0.15) is 34.1 Å². The Hall–Kier alpha value is -3.53. The Bertz CT molecular complexity index is 1160. The van der Waals surface area contributed by atoms with Gasteiger partial charge in [0.1, 0.15) is 11.4 Å². The predicted molar refractivity (Wildman–Crippen MR) is 121 cm³/mol. The summed E-state index contributed by atoms with van der Waals surface area (Å²) in [7, 11) is 0. The van der Waals surface area contributed by atoms with Crippen molar-refractivity contribution in [3.63, 3.8) is 0 Å². The summed E-state index contributed by atoms with van der Waals surface area (Å²) in [6.45, 7) is 5.76. The van der Waals surface area contributed by atoms with E-state index in [2.05, 4.69) is 28.9 Å². The second-order valence-corrected chi connectivity index (χ2v) is 7.33. The first-order valence-electron chi connectivity index (χ1n) is 10.3. The molecular formula is C26H26N2O2. The molecule has 152 valence electrons. The number of nitrogens with one attached hydrogen (secondary N) is 1. The molecule has 4 heteroatoms. The molecule has 1 aromatic heterocycles. The van der Waals surface area contributed by atoms with Gasteiger partial charge in [0, 0.05) is 18.5 Å². The Kier molecular flexibility index (Phi) is 5.84. The molecule has 1 heterocycles. The number of ether oxygens (including phenoxy) is 1. The van der Waals surface area contributed by atoms with Gasteiger partial charge in [0.15, 0.2) is 0 Å². The van der Waals surface area contributed by atoms with Gasteiger partial charge >= 0.3 is 0 Å². The van der Waals surface area contributed by atoms with Crippen LogP contribution in [-0.2, 0) is 13.1 Å². The van der Waals surface area contributed by atoms with Crippen molar-refractivity contribution in [2.75, 3.05) is 6.61 Å². The highest BCUT2D eigenvalue weighted by Crippen LogP contribution is 2.30. The summed E-state index contributed by atoms with van der Waals surface area (Å²) in [4.78, 5) is 13.2. The lowest BCUT2D eigenvalue weighted by molar-refractivity contribution is 0.0942. The van der Waals surface area contributed by atoms with Crippen LogP contribution in [0.15, 0.2) is 78.9 Å². The molecule has 0 bridgehead atoms. The molecule has 0 unspecified atom stereocenters. The summed E-state index contributed by atoms with van der Waals surface area (Å²) in [6, 6.07) is 26.2. The molecule has 30 heavy (non-hydrogen) atoms. The number of carbonyl (C=O) groups is 1. The first-order valence-corrected chi connectivity index (χ1v) is 10.3. The summed E-state index contributed by atoms with van der Waals surface area (Å²) in [5.41, 5.74) is 5.10. The summed E-state index contributed by atoms with van der Waals surface area (Å²) < 4.78 is 7.91. The number of fused-ring (bicyclic) bond motifs is 1. The van der Waals surface area contributed by atoms with E-state index in [0.29, 0.717) is 25.4 Å². The summed E-state index contributed by atoms with van der Waals surface area (Å²) in [5, 5.41) is 4.02. The lowest BCUT2D eigenvalue weighted by atomic mass is 10.1. The number of hydrogen-bond acceptors (Lipinski definition) is 2. The molecule has 4 aromatic rings. The molecule has 0 saturated heterocycles. The number of amides is 1. The van der Waals surface area contributed by atoms with Crippen LogP contribution in [-0.4, -0.2) is 17.1 Å². The molecular weight excluding hydrogens is 372 g/mol. The van der Waals surface area contributed by atoms with E-state index in [1.165, 1.54) is 11.1 Å². The lowest BCUT2D eigenvalue weighted by Gasteiger charge is -2.13. The fourth-order valence-corrected chi connectivity index (χ4v) is 3.72. The van der Waals surface area contributed by atoms with E-state index in [1.54, 1.807) is 0 Å². The zero-order valence-corrected chi connectivity index (χ0v) is 17.4. The maximum atomic E-state index is 13.2. The molecule has 1 N–H and O–H groups in total. The van der Waals surface area contributed by atoms with E-state index in [1.807, 2.05) is 73.7 Å². The van der Waals surface area contributed by atoms with Crippen LogP contribution in [0.25, 0.3) is 10.9 Å². The molecule has 4 rings (SSSR count). The first kappa shape index (κ1) is 19.8. The normalized spacial score (nSPS) is 10.9. The number of hydrogen-bond donors (Lipinski definition) is 1. The van der Waals surface area contributed by atoms with Gasteiger partial charge in [-0.25, -0.2) is 0 Å². The Morgan fingerprint density at radius 1 is 0.967 bits per heavy atom. The highest BCUT2D eigenvalue weighted by atomic mass is 16.5. The number of aromatic nitrogens is 1. The number of rotatable bonds is 7. The molecule has 3 aromatic carbocycles. The number of nitrogens with zero attached hydrogens (tertiary/aromatic N) is 1. The highest BCUT2D eigenvalue weighted by molar-refractivity contribution is 6.00. The van der Waals surface area contributed by atoms with Crippen LogP contribution in [0.3, 0.4) is 0 Å². The smallest absolute Gasteiger partial charge is 0.268 e. The van der Waals surface area contributed by atoms with Crippen molar-refractivity contribution in [3.05, 3.63) is 101 Å². The van der Waals surface area contributed by atoms with Crippen molar-refractivity contribution >= 4 is 16.8 Å². The van der Waals surface area contributed by atoms with E-state index in [0.717, 1.165) is 22.2 Å². The van der Waals surface area contributed by atoms with Crippen molar-refractivity contribution in [1.82, 2.24) is 9.88 Å². The van der Waals surface area contributed by atoms with Crippen LogP contribution in [0.4, 0.5) is 0 Å². The molecule has 0 aliphatic heterocycles.